The van der Waals surface area contributed by atoms with Crippen LogP contribution in [0.4, 0.5) is 13.2 Å². The largest absolute Gasteiger partial charge is 0.405 e. The van der Waals surface area contributed by atoms with Crippen molar-refractivity contribution >= 4 is 22.0 Å². The van der Waals surface area contributed by atoms with Gasteiger partial charge in [0.2, 0.25) is 15.9 Å². The van der Waals surface area contributed by atoms with E-state index in [-0.39, 0.29) is 25.9 Å². The number of amides is 1. The summed E-state index contributed by atoms with van der Waals surface area (Å²) in [5.74, 6) is -1.29. The number of benzene rings is 1. The van der Waals surface area contributed by atoms with Crippen LogP contribution in [-0.2, 0) is 14.8 Å². The van der Waals surface area contributed by atoms with Crippen LogP contribution in [0.5, 0.6) is 0 Å². The number of hydrogen-bond donors (Lipinski definition) is 1. The lowest BCUT2D eigenvalue weighted by Crippen LogP contribution is -2.44. The fourth-order valence-electron chi connectivity index (χ4n) is 2.63. The van der Waals surface area contributed by atoms with Gasteiger partial charge in [-0.25, -0.2) is 8.42 Å². The van der Waals surface area contributed by atoms with Gasteiger partial charge in [-0.2, -0.15) is 17.5 Å². The fraction of sp³-hybridized carbons (Fsp3) is 0.471. The third-order valence-electron chi connectivity index (χ3n) is 4.16. The predicted molar refractivity (Wildman–Crippen MR) is 92.5 cm³/mol. The number of carbonyl (C=O) groups excluding carboxylic acids is 1. The van der Waals surface area contributed by atoms with E-state index in [2.05, 4.69) is 0 Å². The Morgan fingerprint density at radius 1 is 1.23 bits per heavy atom. The molecule has 5 nitrogen and oxygen atoms in total. The number of nitrogens with zero attached hydrogens (tertiary/aromatic N) is 1. The summed E-state index contributed by atoms with van der Waals surface area (Å²) in [5, 5.41) is 2.96. The summed E-state index contributed by atoms with van der Waals surface area (Å²) in [6, 6.07) is 7.35. The summed E-state index contributed by atoms with van der Waals surface area (Å²) in [6.45, 7) is 0.762. The average molecular weight is 390 g/mol. The van der Waals surface area contributed by atoms with Crippen molar-refractivity contribution in [2.75, 3.05) is 19.6 Å². The van der Waals surface area contributed by atoms with E-state index in [0.29, 0.717) is 0 Å². The molecule has 1 aromatic carbocycles. The van der Waals surface area contributed by atoms with Gasteiger partial charge in [-0.15, -0.1) is 0 Å². The molecule has 1 aromatic rings. The molecule has 1 aliphatic heterocycles. The molecule has 1 N–H and O–H groups in total. The molecule has 0 aromatic heterocycles. The molecule has 1 fully saturated rings. The van der Waals surface area contributed by atoms with Crippen LogP contribution >= 0.6 is 0 Å². The second kappa shape index (κ2) is 8.22. The lowest BCUT2D eigenvalue weighted by molar-refractivity contribution is -0.141. The molecule has 0 aliphatic carbocycles. The van der Waals surface area contributed by atoms with Crippen molar-refractivity contribution in [3.8, 4) is 0 Å². The summed E-state index contributed by atoms with van der Waals surface area (Å²) in [4.78, 5) is 11.7. The highest BCUT2D eigenvalue weighted by Crippen LogP contribution is 2.22. The second-order valence-electron chi connectivity index (χ2n) is 6.26. The molecule has 144 valence electrons. The zero-order chi connectivity index (χ0) is 19.4. The number of alkyl halides is 3. The summed E-state index contributed by atoms with van der Waals surface area (Å²) in [5.41, 5.74) is 1.82. The van der Waals surface area contributed by atoms with Crippen LogP contribution in [0.15, 0.2) is 29.7 Å². The molecule has 1 aliphatic rings. The fourth-order valence-corrected chi connectivity index (χ4v) is 3.85. The Bertz CT molecular complexity index is 750. The maximum absolute atomic E-state index is 12.3. The van der Waals surface area contributed by atoms with E-state index in [9.17, 15) is 26.4 Å². The van der Waals surface area contributed by atoms with Crippen LogP contribution in [0.25, 0.3) is 6.08 Å². The molecule has 0 spiro atoms. The molecule has 1 heterocycles. The van der Waals surface area contributed by atoms with Crippen LogP contribution in [0.3, 0.4) is 0 Å². The van der Waals surface area contributed by atoms with Gasteiger partial charge in [0.25, 0.3) is 0 Å². The van der Waals surface area contributed by atoms with Gasteiger partial charge in [-0.3, -0.25) is 4.79 Å². The van der Waals surface area contributed by atoms with E-state index in [1.807, 2.05) is 24.4 Å². The number of halogens is 3. The van der Waals surface area contributed by atoms with Crippen LogP contribution in [-0.4, -0.2) is 44.4 Å². The predicted octanol–water partition coefficient (Wildman–Crippen LogP) is 2.69. The van der Waals surface area contributed by atoms with Gasteiger partial charge in [-0.1, -0.05) is 29.8 Å². The van der Waals surface area contributed by atoms with Crippen molar-refractivity contribution in [3.63, 3.8) is 0 Å². The van der Waals surface area contributed by atoms with Gasteiger partial charge in [0.15, 0.2) is 0 Å². The van der Waals surface area contributed by atoms with E-state index >= 15 is 0 Å². The lowest BCUT2D eigenvalue weighted by Gasteiger charge is -2.29. The first kappa shape index (κ1) is 20.4. The van der Waals surface area contributed by atoms with Crippen LogP contribution in [0.1, 0.15) is 24.0 Å². The van der Waals surface area contributed by atoms with Gasteiger partial charge in [0.05, 0.1) is 0 Å². The Hall–Kier alpha value is -1.87. The molecule has 1 amide bonds. The normalized spacial score (nSPS) is 17.5. The van der Waals surface area contributed by atoms with Crippen molar-refractivity contribution in [3.05, 3.63) is 40.8 Å². The SMILES string of the molecule is Cc1ccc(/C=C/S(=O)(=O)N2CCC(C(=O)NCC(F)(F)F)CC2)cc1. The molecule has 0 radical (unpaired) electrons. The topological polar surface area (TPSA) is 66.5 Å². The molecule has 2 rings (SSSR count). The lowest BCUT2D eigenvalue weighted by atomic mass is 9.97. The molecule has 0 bridgehead atoms. The molecule has 9 heteroatoms. The zero-order valence-electron chi connectivity index (χ0n) is 14.3. The first-order valence-electron chi connectivity index (χ1n) is 8.16. The van der Waals surface area contributed by atoms with Crippen LogP contribution in [0.2, 0.25) is 0 Å². The Balaban J connectivity index is 1.89. The molecule has 26 heavy (non-hydrogen) atoms. The first-order valence-corrected chi connectivity index (χ1v) is 9.66. The highest BCUT2D eigenvalue weighted by Gasteiger charge is 2.32. The van der Waals surface area contributed by atoms with E-state index in [1.165, 1.54) is 10.4 Å². The average Bonchev–Trinajstić information content (AvgIpc) is 2.59. The third-order valence-corrected chi connectivity index (χ3v) is 5.72. The Morgan fingerprint density at radius 2 is 1.81 bits per heavy atom. The molecule has 0 atom stereocenters. The van der Waals surface area contributed by atoms with Crippen molar-refractivity contribution in [1.82, 2.24) is 9.62 Å². The van der Waals surface area contributed by atoms with E-state index in [1.54, 1.807) is 12.1 Å². The first-order chi connectivity index (χ1) is 12.1. The van der Waals surface area contributed by atoms with Crippen LogP contribution in [0, 0.1) is 12.8 Å². The molecule has 0 unspecified atom stereocenters. The molecular formula is C17H21F3N2O3S. The minimum absolute atomic E-state index is 0.102. The maximum Gasteiger partial charge on any atom is 0.405 e. The smallest absolute Gasteiger partial charge is 0.347 e. The second-order valence-corrected chi connectivity index (χ2v) is 8.08. The molecular weight excluding hydrogens is 369 g/mol. The number of aryl methyl sites for hydroxylation is 1. The molecule has 0 saturated carbocycles. The van der Waals surface area contributed by atoms with Gasteiger partial charge in [0, 0.05) is 24.4 Å². The van der Waals surface area contributed by atoms with Crippen LogP contribution < -0.4 is 5.32 Å². The van der Waals surface area contributed by atoms with E-state index < -0.39 is 34.6 Å². The quantitative estimate of drug-likeness (QED) is 0.841. The number of nitrogens with one attached hydrogen (secondary N) is 1. The Morgan fingerprint density at radius 3 is 2.35 bits per heavy atom. The number of hydrogen-bond acceptors (Lipinski definition) is 3. The van der Waals surface area contributed by atoms with Crippen molar-refractivity contribution in [2.24, 2.45) is 5.92 Å². The standard InChI is InChI=1S/C17H21F3N2O3S/c1-13-2-4-14(5-3-13)8-11-26(24,25)22-9-6-15(7-10-22)16(23)21-12-17(18,19)20/h2-5,8,11,15H,6-7,9-10,12H2,1H3,(H,21,23)/b11-8+. The number of rotatable bonds is 5. The van der Waals surface area contributed by atoms with E-state index in [4.69, 9.17) is 0 Å². The summed E-state index contributed by atoms with van der Waals surface area (Å²) < 4.78 is 62.4. The number of carbonyl (C=O) groups is 1. The molecule has 1 saturated heterocycles. The number of sulfonamides is 1. The summed E-state index contributed by atoms with van der Waals surface area (Å²) in [6.07, 6.45) is -2.57. The maximum atomic E-state index is 12.3. The van der Waals surface area contributed by atoms with Gasteiger partial charge < -0.3 is 5.32 Å². The van der Waals surface area contributed by atoms with Gasteiger partial charge in [0.1, 0.15) is 6.54 Å². The third kappa shape index (κ3) is 6.14. The minimum atomic E-state index is -4.46. The highest BCUT2D eigenvalue weighted by molar-refractivity contribution is 7.92. The minimum Gasteiger partial charge on any atom is -0.347 e. The van der Waals surface area contributed by atoms with Gasteiger partial charge >= 0.3 is 6.18 Å². The van der Waals surface area contributed by atoms with Gasteiger partial charge in [-0.05, 0) is 31.4 Å². The monoisotopic (exact) mass is 390 g/mol. The number of piperidine rings is 1. The summed E-state index contributed by atoms with van der Waals surface area (Å²) in [7, 11) is -3.64. The van der Waals surface area contributed by atoms with Crippen molar-refractivity contribution in [2.45, 2.75) is 25.9 Å². The Labute approximate surface area is 150 Å². The highest BCUT2D eigenvalue weighted by atomic mass is 32.2. The van der Waals surface area contributed by atoms with E-state index in [0.717, 1.165) is 16.5 Å². The van der Waals surface area contributed by atoms with Crippen molar-refractivity contribution < 1.29 is 26.4 Å². The zero-order valence-corrected chi connectivity index (χ0v) is 15.1. The Kier molecular flexibility index (Phi) is 6.46. The van der Waals surface area contributed by atoms with Crippen molar-refractivity contribution in [1.29, 1.82) is 0 Å². The summed E-state index contributed by atoms with van der Waals surface area (Å²) >= 11 is 0.